The summed E-state index contributed by atoms with van der Waals surface area (Å²) in [6, 6.07) is 4.91. The van der Waals surface area contributed by atoms with E-state index in [-0.39, 0.29) is 17.6 Å². The summed E-state index contributed by atoms with van der Waals surface area (Å²) in [6.07, 6.45) is 0.217. The van der Waals surface area contributed by atoms with E-state index in [0.717, 1.165) is 0 Å². The Morgan fingerprint density at radius 2 is 2.19 bits per heavy atom. The Balaban J connectivity index is 2.11. The van der Waals surface area contributed by atoms with Crippen molar-refractivity contribution in [3.63, 3.8) is 0 Å². The molecule has 0 aliphatic carbocycles. The van der Waals surface area contributed by atoms with Crippen LogP contribution in [-0.2, 0) is 9.84 Å². The van der Waals surface area contributed by atoms with E-state index < -0.39 is 9.84 Å². The van der Waals surface area contributed by atoms with Crippen LogP contribution in [0, 0.1) is 0 Å². The summed E-state index contributed by atoms with van der Waals surface area (Å²) in [4.78, 5) is 0. The fourth-order valence-corrected chi connectivity index (χ4v) is 3.47. The van der Waals surface area contributed by atoms with Gasteiger partial charge in [0.15, 0.2) is 9.84 Å². The molecule has 0 radical (unpaired) electrons. The van der Waals surface area contributed by atoms with Crippen molar-refractivity contribution in [1.29, 1.82) is 0 Å². The molecule has 0 amide bonds. The Bertz CT molecular complexity index is 501. The molecular formula is C10H12ClNO3S. The van der Waals surface area contributed by atoms with Crippen LogP contribution in [0.4, 0.5) is 5.69 Å². The molecule has 1 aliphatic rings. The number of rotatable bonds is 2. The highest BCUT2D eigenvalue weighted by molar-refractivity contribution is 7.91. The summed E-state index contributed by atoms with van der Waals surface area (Å²) in [7, 11) is -2.93. The molecule has 1 heterocycles. The van der Waals surface area contributed by atoms with Gasteiger partial charge in [0, 0.05) is 5.69 Å². The van der Waals surface area contributed by atoms with Crippen LogP contribution in [0.5, 0.6) is 5.75 Å². The van der Waals surface area contributed by atoms with Crippen LogP contribution < -0.4 is 10.5 Å². The first-order valence-corrected chi connectivity index (χ1v) is 7.08. The van der Waals surface area contributed by atoms with Crippen molar-refractivity contribution in [2.24, 2.45) is 0 Å². The molecular weight excluding hydrogens is 250 g/mol. The Morgan fingerprint density at radius 1 is 1.44 bits per heavy atom. The van der Waals surface area contributed by atoms with E-state index in [9.17, 15) is 8.42 Å². The van der Waals surface area contributed by atoms with E-state index in [2.05, 4.69) is 0 Å². The molecule has 0 spiro atoms. The lowest BCUT2D eigenvalue weighted by Crippen LogP contribution is -2.17. The molecule has 1 saturated heterocycles. The van der Waals surface area contributed by atoms with Crippen molar-refractivity contribution in [2.45, 2.75) is 12.5 Å². The van der Waals surface area contributed by atoms with Gasteiger partial charge in [-0.3, -0.25) is 0 Å². The molecule has 1 atom stereocenters. The van der Waals surface area contributed by atoms with E-state index in [4.69, 9.17) is 22.1 Å². The van der Waals surface area contributed by atoms with Gasteiger partial charge in [-0.05, 0) is 24.6 Å². The predicted molar refractivity (Wildman–Crippen MR) is 63.6 cm³/mol. The molecule has 4 nitrogen and oxygen atoms in total. The molecule has 1 aromatic carbocycles. The SMILES string of the molecule is Nc1ccc(OC2CCS(=O)(=O)C2)c(Cl)c1. The van der Waals surface area contributed by atoms with E-state index >= 15 is 0 Å². The van der Waals surface area contributed by atoms with Crippen molar-refractivity contribution < 1.29 is 13.2 Å². The van der Waals surface area contributed by atoms with Crippen molar-refractivity contribution >= 4 is 27.1 Å². The summed E-state index contributed by atoms with van der Waals surface area (Å²) in [5.41, 5.74) is 6.10. The predicted octanol–water partition coefficient (Wildman–Crippen LogP) is 1.49. The molecule has 0 aromatic heterocycles. The Hall–Kier alpha value is -0.940. The van der Waals surface area contributed by atoms with Gasteiger partial charge in [-0.1, -0.05) is 11.6 Å². The minimum atomic E-state index is -2.93. The van der Waals surface area contributed by atoms with Gasteiger partial charge in [-0.15, -0.1) is 0 Å². The maximum absolute atomic E-state index is 11.2. The summed E-state index contributed by atoms with van der Waals surface area (Å²) < 4.78 is 28.0. The molecule has 6 heteroatoms. The highest BCUT2D eigenvalue weighted by Crippen LogP contribution is 2.29. The molecule has 88 valence electrons. The highest BCUT2D eigenvalue weighted by atomic mass is 35.5. The number of hydrogen-bond donors (Lipinski definition) is 1. The Labute approximate surface area is 99.3 Å². The lowest BCUT2D eigenvalue weighted by Gasteiger charge is -2.13. The van der Waals surface area contributed by atoms with Gasteiger partial charge in [-0.25, -0.2) is 8.42 Å². The number of anilines is 1. The van der Waals surface area contributed by atoms with Crippen LogP contribution in [0.15, 0.2) is 18.2 Å². The van der Waals surface area contributed by atoms with Crippen LogP contribution in [-0.4, -0.2) is 26.0 Å². The van der Waals surface area contributed by atoms with E-state index in [1.165, 1.54) is 0 Å². The van der Waals surface area contributed by atoms with Gasteiger partial charge in [0.05, 0.1) is 16.5 Å². The smallest absolute Gasteiger partial charge is 0.154 e. The second-order valence-corrected chi connectivity index (χ2v) is 6.47. The third kappa shape index (κ3) is 2.59. The molecule has 2 rings (SSSR count). The van der Waals surface area contributed by atoms with Crippen molar-refractivity contribution in [3.05, 3.63) is 23.2 Å². The first kappa shape index (κ1) is 11.5. The fourth-order valence-electron chi connectivity index (χ4n) is 1.65. The summed E-state index contributed by atoms with van der Waals surface area (Å²) in [6.45, 7) is 0. The van der Waals surface area contributed by atoms with E-state index in [1.807, 2.05) is 0 Å². The van der Waals surface area contributed by atoms with Crippen LogP contribution in [0.25, 0.3) is 0 Å². The zero-order valence-corrected chi connectivity index (χ0v) is 10.1. The topological polar surface area (TPSA) is 69.4 Å². The van der Waals surface area contributed by atoms with Gasteiger partial charge >= 0.3 is 0 Å². The van der Waals surface area contributed by atoms with Crippen molar-refractivity contribution in [3.8, 4) is 5.75 Å². The minimum Gasteiger partial charge on any atom is -0.488 e. The summed E-state index contributed by atoms with van der Waals surface area (Å²) in [5, 5.41) is 0.407. The minimum absolute atomic E-state index is 0.0632. The van der Waals surface area contributed by atoms with Gasteiger partial charge in [0.2, 0.25) is 0 Å². The van der Waals surface area contributed by atoms with Crippen molar-refractivity contribution in [2.75, 3.05) is 17.2 Å². The first-order valence-electron chi connectivity index (χ1n) is 4.88. The van der Waals surface area contributed by atoms with E-state index in [1.54, 1.807) is 18.2 Å². The number of halogens is 1. The molecule has 0 bridgehead atoms. The van der Waals surface area contributed by atoms with Crippen LogP contribution in [0.3, 0.4) is 0 Å². The summed E-state index contributed by atoms with van der Waals surface area (Å²) >= 11 is 5.92. The lowest BCUT2D eigenvalue weighted by atomic mass is 10.3. The molecule has 0 saturated carbocycles. The molecule has 1 fully saturated rings. The lowest BCUT2D eigenvalue weighted by molar-refractivity contribution is 0.229. The van der Waals surface area contributed by atoms with Gasteiger partial charge < -0.3 is 10.5 Å². The van der Waals surface area contributed by atoms with Gasteiger partial charge in [0.25, 0.3) is 0 Å². The zero-order valence-electron chi connectivity index (χ0n) is 8.52. The normalized spacial score (nSPS) is 23.2. The highest BCUT2D eigenvalue weighted by Gasteiger charge is 2.29. The largest absolute Gasteiger partial charge is 0.488 e. The Morgan fingerprint density at radius 3 is 2.75 bits per heavy atom. The molecule has 1 aliphatic heterocycles. The number of ether oxygens (including phenoxy) is 1. The molecule has 1 unspecified atom stereocenters. The average Bonchev–Trinajstić information content (AvgIpc) is 2.51. The number of sulfone groups is 1. The van der Waals surface area contributed by atoms with Crippen LogP contribution in [0.2, 0.25) is 5.02 Å². The average molecular weight is 262 g/mol. The maximum atomic E-state index is 11.2. The number of hydrogen-bond acceptors (Lipinski definition) is 4. The molecule has 1 aromatic rings. The molecule has 2 N–H and O–H groups in total. The van der Waals surface area contributed by atoms with E-state index in [0.29, 0.717) is 22.9 Å². The second kappa shape index (κ2) is 4.14. The fraction of sp³-hybridized carbons (Fsp3) is 0.400. The zero-order chi connectivity index (χ0) is 11.8. The quantitative estimate of drug-likeness (QED) is 0.819. The standard InChI is InChI=1S/C10H12ClNO3S/c11-9-5-7(12)1-2-10(9)15-8-3-4-16(13,14)6-8/h1-2,5,8H,3-4,6,12H2. The third-order valence-electron chi connectivity index (χ3n) is 2.44. The van der Waals surface area contributed by atoms with Gasteiger partial charge in [-0.2, -0.15) is 0 Å². The second-order valence-electron chi connectivity index (χ2n) is 3.83. The van der Waals surface area contributed by atoms with Crippen LogP contribution in [0.1, 0.15) is 6.42 Å². The van der Waals surface area contributed by atoms with Gasteiger partial charge in [0.1, 0.15) is 11.9 Å². The third-order valence-corrected chi connectivity index (χ3v) is 4.47. The first-order chi connectivity index (χ1) is 7.46. The number of nitrogens with two attached hydrogens (primary N) is 1. The summed E-state index contributed by atoms with van der Waals surface area (Å²) in [5.74, 6) is 0.732. The number of benzene rings is 1. The maximum Gasteiger partial charge on any atom is 0.154 e. The van der Waals surface area contributed by atoms with Crippen LogP contribution >= 0.6 is 11.6 Å². The number of nitrogen functional groups attached to an aromatic ring is 1. The van der Waals surface area contributed by atoms with Crippen molar-refractivity contribution in [1.82, 2.24) is 0 Å². The Kier molecular flexibility index (Phi) is 2.99. The molecule has 16 heavy (non-hydrogen) atoms. The monoisotopic (exact) mass is 261 g/mol.